The molecular weight excluding hydrogens is 332 g/mol. The highest BCUT2D eigenvalue weighted by molar-refractivity contribution is 8.01. The molecule has 1 aliphatic rings. The minimum atomic E-state index is 0.164. The second-order valence-corrected chi connectivity index (χ2v) is 7.99. The van der Waals surface area contributed by atoms with E-state index in [1.165, 1.54) is 28.7 Å². The quantitative estimate of drug-likeness (QED) is 0.823. The number of nitrogens with two attached hydrogens (primary N) is 1. The number of aryl methyl sites for hydroxylation is 1. The van der Waals surface area contributed by atoms with E-state index < -0.39 is 0 Å². The molecule has 0 atom stereocenters. The first-order valence-electron chi connectivity index (χ1n) is 7.59. The van der Waals surface area contributed by atoms with Crippen molar-refractivity contribution in [1.29, 1.82) is 0 Å². The Bertz CT molecular complexity index is 662. The smallest absolute Gasteiger partial charge is 0.233 e. The Kier molecular flexibility index (Phi) is 5.16. The highest BCUT2D eigenvalue weighted by Gasteiger charge is 2.23. The summed E-state index contributed by atoms with van der Waals surface area (Å²) in [6.07, 6.45) is 6.01. The first kappa shape index (κ1) is 16.3. The van der Waals surface area contributed by atoms with Gasteiger partial charge in [-0.1, -0.05) is 23.1 Å². The molecule has 1 saturated heterocycles. The van der Waals surface area contributed by atoms with Crippen molar-refractivity contribution in [2.24, 2.45) is 5.92 Å². The summed E-state index contributed by atoms with van der Waals surface area (Å²) < 4.78 is 2.76. The molecule has 3 rings (SSSR count). The van der Waals surface area contributed by atoms with Gasteiger partial charge in [-0.05, 0) is 31.2 Å². The Morgan fingerprint density at radius 3 is 2.83 bits per heavy atom. The van der Waals surface area contributed by atoms with Crippen molar-refractivity contribution in [3.8, 4) is 0 Å². The Morgan fingerprint density at radius 2 is 2.22 bits per heavy atom. The van der Waals surface area contributed by atoms with E-state index in [1.807, 2.05) is 22.7 Å². The summed E-state index contributed by atoms with van der Waals surface area (Å²) in [6.45, 7) is 4.63. The highest BCUT2D eigenvalue weighted by Crippen LogP contribution is 2.25. The lowest BCUT2D eigenvalue weighted by Gasteiger charge is -2.31. The maximum Gasteiger partial charge on any atom is 0.233 e. The van der Waals surface area contributed by atoms with Crippen molar-refractivity contribution in [3.63, 3.8) is 0 Å². The maximum atomic E-state index is 12.3. The molecule has 0 saturated carbocycles. The van der Waals surface area contributed by atoms with Gasteiger partial charge in [0.1, 0.15) is 0 Å². The zero-order valence-corrected chi connectivity index (χ0v) is 14.6. The van der Waals surface area contributed by atoms with E-state index in [1.54, 1.807) is 0 Å². The first-order chi connectivity index (χ1) is 11.1. The summed E-state index contributed by atoms with van der Waals surface area (Å²) >= 11 is 2.73. The van der Waals surface area contributed by atoms with Gasteiger partial charge in [0.15, 0.2) is 4.34 Å². The molecule has 0 unspecified atom stereocenters. The standard InChI is InChI=1S/C14H20N6OS2/c1-10-6-16-20(7-10)8-11-2-4-19(5-3-11)12(21)9-22-14-18-17-13(15)23-14/h6-7,11H,2-5,8-9H2,1H3,(H2,15,17). The van der Waals surface area contributed by atoms with E-state index in [4.69, 9.17) is 5.73 Å². The van der Waals surface area contributed by atoms with Crippen LogP contribution in [0, 0.1) is 12.8 Å². The fraction of sp³-hybridized carbons (Fsp3) is 0.571. The number of carbonyl (C=O) groups excluding carboxylic acids is 1. The number of nitrogens with zero attached hydrogens (tertiary/aromatic N) is 5. The molecule has 9 heteroatoms. The predicted octanol–water partition coefficient (Wildman–Crippen LogP) is 1.66. The second kappa shape index (κ2) is 7.31. The number of hydrogen-bond donors (Lipinski definition) is 1. The van der Waals surface area contributed by atoms with Crippen molar-refractivity contribution in [2.75, 3.05) is 24.6 Å². The van der Waals surface area contributed by atoms with Crippen LogP contribution in [-0.4, -0.2) is 49.6 Å². The zero-order valence-electron chi connectivity index (χ0n) is 13.0. The molecule has 0 bridgehead atoms. The van der Waals surface area contributed by atoms with Crippen LogP contribution in [0.3, 0.4) is 0 Å². The number of thioether (sulfide) groups is 1. The lowest BCUT2D eigenvalue weighted by molar-refractivity contribution is -0.129. The van der Waals surface area contributed by atoms with E-state index >= 15 is 0 Å². The lowest BCUT2D eigenvalue weighted by atomic mass is 9.97. The third kappa shape index (κ3) is 4.44. The summed E-state index contributed by atoms with van der Waals surface area (Å²) in [7, 11) is 0. The molecular formula is C14H20N6OS2. The molecule has 124 valence electrons. The molecule has 1 aliphatic heterocycles. The number of carbonyl (C=O) groups is 1. The Labute approximate surface area is 143 Å². The summed E-state index contributed by atoms with van der Waals surface area (Å²) in [4.78, 5) is 14.2. The maximum absolute atomic E-state index is 12.3. The molecule has 7 nitrogen and oxygen atoms in total. The molecule has 0 aliphatic carbocycles. The van der Waals surface area contributed by atoms with Gasteiger partial charge >= 0.3 is 0 Å². The molecule has 0 radical (unpaired) electrons. The van der Waals surface area contributed by atoms with Gasteiger partial charge < -0.3 is 10.6 Å². The largest absolute Gasteiger partial charge is 0.374 e. The normalized spacial score (nSPS) is 16.0. The second-order valence-electron chi connectivity index (χ2n) is 5.76. The van der Waals surface area contributed by atoms with Gasteiger partial charge in [0.05, 0.1) is 11.9 Å². The Morgan fingerprint density at radius 1 is 1.43 bits per heavy atom. The van der Waals surface area contributed by atoms with E-state index in [9.17, 15) is 4.79 Å². The summed E-state index contributed by atoms with van der Waals surface area (Å²) in [5, 5.41) is 12.5. The number of nitrogen functional groups attached to an aromatic ring is 1. The first-order valence-corrected chi connectivity index (χ1v) is 9.39. The summed E-state index contributed by atoms with van der Waals surface area (Å²) in [6, 6.07) is 0. The van der Waals surface area contributed by atoms with Gasteiger partial charge in [-0.15, -0.1) is 10.2 Å². The third-order valence-corrected chi connectivity index (χ3v) is 5.79. The van der Waals surface area contributed by atoms with Crippen LogP contribution in [-0.2, 0) is 11.3 Å². The van der Waals surface area contributed by atoms with Crippen LogP contribution in [0.2, 0.25) is 0 Å². The minimum absolute atomic E-state index is 0.164. The lowest BCUT2D eigenvalue weighted by Crippen LogP contribution is -2.40. The van der Waals surface area contributed by atoms with Gasteiger partial charge in [0, 0.05) is 25.8 Å². The van der Waals surface area contributed by atoms with Crippen LogP contribution in [0.4, 0.5) is 5.13 Å². The SMILES string of the molecule is Cc1cnn(CC2CCN(C(=O)CSc3nnc(N)s3)CC2)c1. The van der Waals surface area contributed by atoms with Gasteiger partial charge in [-0.3, -0.25) is 9.48 Å². The molecule has 2 aromatic heterocycles. The molecule has 2 aromatic rings. The van der Waals surface area contributed by atoms with Crippen LogP contribution in [0.25, 0.3) is 0 Å². The average Bonchev–Trinajstić information content (AvgIpc) is 3.14. The van der Waals surface area contributed by atoms with Crippen molar-refractivity contribution >= 4 is 34.1 Å². The number of piperidine rings is 1. The summed E-state index contributed by atoms with van der Waals surface area (Å²) in [5.41, 5.74) is 6.72. The topological polar surface area (TPSA) is 89.9 Å². The monoisotopic (exact) mass is 352 g/mol. The van der Waals surface area contributed by atoms with Crippen molar-refractivity contribution in [1.82, 2.24) is 24.9 Å². The fourth-order valence-electron chi connectivity index (χ4n) is 2.69. The van der Waals surface area contributed by atoms with Gasteiger partial charge in [-0.2, -0.15) is 5.10 Å². The van der Waals surface area contributed by atoms with E-state index in [2.05, 4.69) is 21.5 Å². The zero-order chi connectivity index (χ0) is 16.2. The van der Waals surface area contributed by atoms with Crippen molar-refractivity contribution in [2.45, 2.75) is 30.6 Å². The number of rotatable bonds is 5. The molecule has 0 aromatic carbocycles. The van der Waals surface area contributed by atoms with E-state index in [-0.39, 0.29) is 5.91 Å². The average molecular weight is 352 g/mol. The Hall–Kier alpha value is -1.61. The third-order valence-electron chi connectivity index (χ3n) is 3.92. The van der Waals surface area contributed by atoms with Crippen LogP contribution in [0.5, 0.6) is 0 Å². The number of amides is 1. The van der Waals surface area contributed by atoms with Gasteiger partial charge in [0.2, 0.25) is 11.0 Å². The van der Waals surface area contributed by atoms with E-state index in [0.717, 1.165) is 36.8 Å². The summed E-state index contributed by atoms with van der Waals surface area (Å²) in [5.74, 6) is 1.16. The molecule has 3 heterocycles. The van der Waals surface area contributed by atoms with Crippen LogP contribution >= 0.6 is 23.1 Å². The fourth-order valence-corrected chi connectivity index (χ4v) is 4.23. The molecule has 23 heavy (non-hydrogen) atoms. The molecule has 2 N–H and O–H groups in total. The van der Waals surface area contributed by atoms with Gasteiger partial charge in [0.25, 0.3) is 0 Å². The molecule has 1 fully saturated rings. The van der Waals surface area contributed by atoms with Gasteiger partial charge in [-0.25, -0.2) is 0 Å². The number of aromatic nitrogens is 4. The predicted molar refractivity (Wildman–Crippen MR) is 91.3 cm³/mol. The number of likely N-dealkylation sites (tertiary alicyclic amines) is 1. The van der Waals surface area contributed by atoms with E-state index in [0.29, 0.717) is 16.8 Å². The van der Waals surface area contributed by atoms with Crippen molar-refractivity contribution in [3.05, 3.63) is 18.0 Å². The number of anilines is 1. The van der Waals surface area contributed by atoms with Crippen LogP contribution in [0.15, 0.2) is 16.7 Å². The minimum Gasteiger partial charge on any atom is -0.374 e. The molecule has 0 spiro atoms. The number of hydrogen-bond acceptors (Lipinski definition) is 7. The Balaban J connectivity index is 1.42. The van der Waals surface area contributed by atoms with Crippen molar-refractivity contribution < 1.29 is 4.79 Å². The van der Waals surface area contributed by atoms with Crippen LogP contribution < -0.4 is 5.73 Å². The molecule has 1 amide bonds. The highest BCUT2D eigenvalue weighted by atomic mass is 32.2. The van der Waals surface area contributed by atoms with Crippen LogP contribution in [0.1, 0.15) is 18.4 Å².